The van der Waals surface area contributed by atoms with E-state index in [4.69, 9.17) is 14.5 Å². The van der Waals surface area contributed by atoms with E-state index in [1.54, 1.807) is 20.4 Å². The number of ether oxygens (including phenoxy) is 2. The topological polar surface area (TPSA) is 72.4 Å². The quantitative estimate of drug-likeness (QED) is 0.709. The molecule has 0 unspecified atom stereocenters. The molecule has 0 fully saturated rings. The van der Waals surface area contributed by atoms with Gasteiger partial charge in [-0.05, 0) is 60.7 Å². The van der Waals surface area contributed by atoms with E-state index in [0.717, 1.165) is 30.2 Å². The van der Waals surface area contributed by atoms with Crippen molar-refractivity contribution in [2.24, 2.45) is 0 Å². The lowest BCUT2D eigenvalue weighted by molar-refractivity contribution is 0.353. The van der Waals surface area contributed by atoms with Gasteiger partial charge < -0.3 is 19.7 Å². The molecule has 1 aliphatic heterocycles. The highest BCUT2D eigenvalue weighted by molar-refractivity contribution is 5.62. The van der Waals surface area contributed by atoms with Crippen molar-refractivity contribution in [1.29, 1.82) is 0 Å². The van der Waals surface area contributed by atoms with E-state index in [2.05, 4.69) is 46.4 Å². The van der Waals surface area contributed by atoms with Crippen LogP contribution in [0.2, 0.25) is 0 Å². The van der Waals surface area contributed by atoms with Crippen LogP contribution in [0.4, 0.5) is 17.5 Å². The van der Waals surface area contributed by atoms with Gasteiger partial charge in [-0.1, -0.05) is 12.1 Å². The van der Waals surface area contributed by atoms with E-state index < -0.39 is 0 Å². The molecule has 0 amide bonds. The van der Waals surface area contributed by atoms with Crippen LogP contribution < -0.4 is 19.7 Å². The lowest BCUT2D eigenvalue weighted by Crippen LogP contribution is -2.32. The molecule has 1 N–H and O–H groups in total. The summed E-state index contributed by atoms with van der Waals surface area (Å²) in [4.78, 5) is 6.83. The summed E-state index contributed by atoms with van der Waals surface area (Å²) in [5.41, 5.74) is 5.90. The summed E-state index contributed by atoms with van der Waals surface area (Å²) in [7, 11) is 3.31. The van der Waals surface area contributed by atoms with Gasteiger partial charge in [0, 0.05) is 18.8 Å². The first-order valence-corrected chi connectivity index (χ1v) is 9.60. The number of nitrogens with one attached hydrogen (secondary N) is 1. The summed E-state index contributed by atoms with van der Waals surface area (Å²) in [6, 6.07) is 10.3. The van der Waals surface area contributed by atoms with Crippen LogP contribution in [0.25, 0.3) is 0 Å². The van der Waals surface area contributed by atoms with Gasteiger partial charge in [0.25, 0.3) is 0 Å². The molecule has 7 heteroatoms. The van der Waals surface area contributed by atoms with Gasteiger partial charge in [-0.3, -0.25) is 0 Å². The van der Waals surface area contributed by atoms with Gasteiger partial charge in [0.1, 0.15) is 0 Å². The van der Waals surface area contributed by atoms with Crippen molar-refractivity contribution in [3.63, 3.8) is 0 Å². The summed E-state index contributed by atoms with van der Waals surface area (Å²) in [6.45, 7) is 5.70. The SMILES string of the molecule is COc1cc2c(cc1OC)CN(c1nncc(Nc3cccc(C)c3C)n1)CC2. The molecule has 150 valence electrons. The largest absolute Gasteiger partial charge is 0.493 e. The number of hydrogen-bond donors (Lipinski definition) is 1. The Labute approximate surface area is 170 Å². The molecule has 4 rings (SSSR count). The Bertz CT molecular complexity index is 1040. The van der Waals surface area contributed by atoms with Gasteiger partial charge >= 0.3 is 0 Å². The van der Waals surface area contributed by atoms with Crippen LogP contribution in [0.3, 0.4) is 0 Å². The zero-order valence-corrected chi connectivity index (χ0v) is 17.2. The summed E-state index contributed by atoms with van der Waals surface area (Å²) in [5.74, 6) is 2.79. The van der Waals surface area contributed by atoms with Crippen LogP contribution in [0.1, 0.15) is 22.3 Å². The molecule has 1 aromatic heterocycles. The van der Waals surface area contributed by atoms with Crippen molar-refractivity contribution in [3.8, 4) is 11.5 Å². The van der Waals surface area contributed by atoms with Crippen molar-refractivity contribution in [1.82, 2.24) is 15.2 Å². The van der Waals surface area contributed by atoms with Crippen LogP contribution in [-0.2, 0) is 13.0 Å². The van der Waals surface area contributed by atoms with Crippen LogP contribution in [-0.4, -0.2) is 35.9 Å². The summed E-state index contributed by atoms with van der Waals surface area (Å²) in [6.07, 6.45) is 2.53. The number of nitrogens with zero attached hydrogens (tertiary/aromatic N) is 4. The highest BCUT2D eigenvalue weighted by Gasteiger charge is 2.22. The second kappa shape index (κ2) is 7.95. The predicted octanol–water partition coefficient (Wildman–Crippen LogP) is 3.81. The maximum atomic E-state index is 5.45. The summed E-state index contributed by atoms with van der Waals surface area (Å²) >= 11 is 0. The normalized spacial score (nSPS) is 13.0. The fourth-order valence-corrected chi connectivity index (χ4v) is 3.57. The Morgan fingerprint density at radius 1 is 1.03 bits per heavy atom. The minimum Gasteiger partial charge on any atom is -0.493 e. The molecule has 0 spiro atoms. The van der Waals surface area contributed by atoms with Crippen molar-refractivity contribution in [2.75, 3.05) is 31.0 Å². The molecule has 7 nitrogen and oxygen atoms in total. The average Bonchev–Trinajstić information content (AvgIpc) is 2.75. The minimum absolute atomic E-state index is 0.612. The van der Waals surface area contributed by atoms with Crippen molar-refractivity contribution < 1.29 is 9.47 Å². The highest BCUT2D eigenvalue weighted by atomic mass is 16.5. The van der Waals surface area contributed by atoms with Gasteiger partial charge in [0.15, 0.2) is 17.3 Å². The standard InChI is InChI=1S/C22H25N5O2/c1-14-6-5-7-18(15(14)2)24-21-12-23-26-22(25-21)27-9-8-16-10-19(28-3)20(29-4)11-17(16)13-27/h5-7,10-12H,8-9,13H2,1-4H3,(H,24,25,26). The zero-order chi connectivity index (χ0) is 20.4. The number of hydrogen-bond acceptors (Lipinski definition) is 7. The van der Waals surface area contributed by atoms with Gasteiger partial charge in [-0.2, -0.15) is 10.1 Å². The molecule has 3 aromatic rings. The second-order valence-corrected chi connectivity index (χ2v) is 7.16. The van der Waals surface area contributed by atoms with Crippen LogP contribution in [0.15, 0.2) is 36.5 Å². The molecule has 0 atom stereocenters. The molecule has 0 bridgehead atoms. The fourth-order valence-electron chi connectivity index (χ4n) is 3.57. The van der Waals surface area contributed by atoms with E-state index in [0.29, 0.717) is 18.3 Å². The number of benzene rings is 2. The van der Waals surface area contributed by atoms with E-state index in [9.17, 15) is 0 Å². The monoisotopic (exact) mass is 391 g/mol. The lowest BCUT2D eigenvalue weighted by atomic mass is 9.99. The third-order valence-electron chi connectivity index (χ3n) is 5.42. The molecule has 0 radical (unpaired) electrons. The van der Waals surface area contributed by atoms with E-state index >= 15 is 0 Å². The maximum Gasteiger partial charge on any atom is 0.247 e. The third-order valence-corrected chi connectivity index (χ3v) is 5.42. The molecule has 2 aromatic carbocycles. The number of aromatic nitrogens is 3. The van der Waals surface area contributed by atoms with Crippen molar-refractivity contribution >= 4 is 17.5 Å². The number of anilines is 3. The molecule has 1 aliphatic rings. The molecule has 29 heavy (non-hydrogen) atoms. The van der Waals surface area contributed by atoms with E-state index in [1.165, 1.54) is 22.3 Å². The number of rotatable bonds is 5. The predicted molar refractivity (Wildman–Crippen MR) is 113 cm³/mol. The fraction of sp³-hybridized carbons (Fsp3) is 0.318. The zero-order valence-electron chi connectivity index (χ0n) is 17.2. The van der Waals surface area contributed by atoms with Crippen molar-refractivity contribution in [2.45, 2.75) is 26.8 Å². The molecular weight excluding hydrogens is 366 g/mol. The maximum absolute atomic E-state index is 5.45. The Morgan fingerprint density at radius 3 is 2.55 bits per heavy atom. The average molecular weight is 391 g/mol. The third kappa shape index (κ3) is 3.81. The number of fused-ring (bicyclic) bond motifs is 1. The molecule has 0 saturated heterocycles. The first-order valence-electron chi connectivity index (χ1n) is 9.60. The molecule has 2 heterocycles. The van der Waals surface area contributed by atoms with Crippen LogP contribution >= 0.6 is 0 Å². The molecule has 0 saturated carbocycles. The second-order valence-electron chi connectivity index (χ2n) is 7.16. The van der Waals surface area contributed by atoms with Gasteiger partial charge in [-0.25, -0.2) is 0 Å². The van der Waals surface area contributed by atoms with Gasteiger partial charge in [-0.15, -0.1) is 5.10 Å². The van der Waals surface area contributed by atoms with Crippen LogP contribution in [0.5, 0.6) is 11.5 Å². The summed E-state index contributed by atoms with van der Waals surface area (Å²) in [5, 5.41) is 11.8. The molecular formula is C22H25N5O2. The summed E-state index contributed by atoms with van der Waals surface area (Å²) < 4.78 is 10.9. The number of methoxy groups -OCH3 is 2. The lowest BCUT2D eigenvalue weighted by Gasteiger charge is -2.29. The first-order chi connectivity index (χ1) is 14.1. The Morgan fingerprint density at radius 2 is 1.79 bits per heavy atom. The van der Waals surface area contributed by atoms with Crippen molar-refractivity contribution in [3.05, 3.63) is 58.8 Å². The first kappa shape index (κ1) is 19.0. The van der Waals surface area contributed by atoms with Crippen LogP contribution in [0, 0.1) is 13.8 Å². The number of aryl methyl sites for hydroxylation is 1. The van der Waals surface area contributed by atoms with Gasteiger partial charge in [0.2, 0.25) is 5.95 Å². The Balaban J connectivity index is 1.57. The highest BCUT2D eigenvalue weighted by Crippen LogP contribution is 2.34. The molecule has 0 aliphatic carbocycles. The Hall–Kier alpha value is -3.35. The van der Waals surface area contributed by atoms with E-state index in [-0.39, 0.29) is 0 Å². The van der Waals surface area contributed by atoms with E-state index in [1.807, 2.05) is 18.2 Å². The minimum atomic E-state index is 0.612. The smallest absolute Gasteiger partial charge is 0.247 e. The van der Waals surface area contributed by atoms with Gasteiger partial charge in [0.05, 0.1) is 20.4 Å². The Kier molecular flexibility index (Phi) is 5.20.